The minimum atomic E-state index is -0.621. The number of carbonyl (C=O) groups excluding carboxylic acids is 4. The third-order valence-electron chi connectivity index (χ3n) is 5.56. The molecule has 0 bridgehead atoms. The number of carbonyl (C=O) groups is 4. The van der Waals surface area contributed by atoms with Crippen molar-refractivity contribution < 1.29 is 23.9 Å². The SMILES string of the molecule is CN(CCCCNC(=O)OC(C)(C)C)c1cccc2c1CN(C1CCC(=O)NC1=O)C2=O. The molecule has 1 aromatic rings. The number of piperidine rings is 1. The van der Waals surface area contributed by atoms with Gasteiger partial charge in [0.25, 0.3) is 5.91 Å². The minimum Gasteiger partial charge on any atom is -0.444 e. The van der Waals surface area contributed by atoms with Gasteiger partial charge in [-0.2, -0.15) is 0 Å². The molecule has 1 aromatic carbocycles. The van der Waals surface area contributed by atoms with Crippen molar-refractivity contribution in [2.24, 2.45) is 0 Å². The molecule has 174 valence electrons. The van der Waals surface area contributed by atoms with Crippen LogP contribution in [0.15, 0.2) is 18.2 Å². The van der Waals surface area contributed by atoms with Gasteiger partial charge in [-0.1, -0.05) is 6.07 Å². The number of amides is 4. The molecule has 2 heterocycles. The van der Waals surface area contributed by atoms with Crippen LogP contribution in [0.3, 0.4) is 0 Å². The summed E-state index contributed by atoms with van der Waals surface area (Å²) in [6.45, 7) is 7.10. The largest absolute Gasteiger partial charge is 0.444 e. The van der Waals surface area contributed by atoms with Gasteiger partial charge in [0.1, 0.15) is 11.6 Å². The zero-order valence-corrected chi connectivity index (χ0v) is 19.2. The van der Waals surface area contributed by atoms with Crippen molar-refractivity contribution in [1.82, 2.24) is 15.5 Å². The fourth-order valence-corrected chi connectivity index (χ4v) is 4.03. The smallest absolute Gasteiger partial charge is 0.407 e. The van der Waals surface area contributed by atoms with Gasteiger partial charge < -0.3 is 19.9 Å². The second kappa shape index (κ2) is 9.58. The van der Waals surface area contributed by atoms with Crippen LogP contribution in [0.25, 0.3) is 0 Å². The van der Waals surface area contributed by atoms with Gasteiger partial charge in [-0.15, -0.1) is 0 Å². The first-order valence-corrected chi connectivity index (χ1v) is 11.0. The average Bonchev–Trinajstić information content (AvgIpc) is 3.03. The molecule has 2 N–H and O–H groups in total. The highest BCUT2D eigenvalue weighted by atomic mass is 16.6. The summed E-state index contributed by atoms with van der Waals surface area (Å²) < 4.78 is 5.22. The number of rotatable bonds is 7. The van der Waals surface area contributed by atoms with Crippen LogP contribution < -0.4 is 15.5 Å². The third kappa shape index (κ3) is 5.57. The Morgan fingerprint density at radius 2 is 2.00 bits per heavy atom. The number of hydrogen-bond acceptors (Lipinski definition) is 6. The molecule has 9 heteroatoms. The predicted molar refractivity (Wildman–Crippen MR) is 119 cm³/mol. The molecule has 4 amide bonds. The summed E-state index contributed by atoms with van der Waals surface area (Å²) in [5, 5.41) is 5.09. The highest BCUT2D eigenvalue weighted by Gasteiger charge is 2.40. The quantitative estimate of drug-likeness (QED) is 0.493. The number of anilines is 1. The number of nitrogens with one attached hydrogen (secondary N) is 2. The van der Waals surface area contributed by atoms with E-state index < -0.39 is 23.6 Å². The first kappa shape index (κ1) is 23.6. The molecule has 2 aliphatic heterocycles. The highest BCUT2D eigenvalue weighted by molar-refractivity contribution is 6.06. The summed E-state index contributed by atoms with van der Waals surface area (Å²) in [6.07, 6.45) is 1.81. The van der Waals surface area contributed by atoms with E-state index in [1.165, 1.54) is 0 Å². The Bertz CT molecular complexity index is 908. The normalized spacial score (nSPS) is 18.3. The lowest BCUT2D eigenvalue weighted by Gasteiger charge is -2.29. The van der Waals surface area contributed by atoms with Gasteiger partial charge in [-0.05, 0) is 52.2 Å². The fourth-order valence-electron chi connectivity index (χ4n) is 4.03. The van der Waals surface area contributed by atoms with Crippen molar-refractivity contribution in [2.45, 2.75) is 64.6 Å². The van der Waals surface area contributed by atoms with E-state index in [0.29, 0.717) is 25.1 Å². The molecular formula is C23H32N4O5. The van der Waals surface area contributed by atoms with E-state index >= 15 is 0 Å². The van der Waals surface area contributed by atoms with E-state index in [2.05, 4.69) is 15.5 Å². The first-order valence-electron chi connectivity index (χ1n) is 11.0. The third-order valence-corrected chi connectivity index (χ3v) is 5.56. The van der Waals surface area contributed by atoms with Gasteiger partial charge in [0.05, 0.1) is 0 Å². The van der Waals surface area contributed by atoms with Crippen LogP contribution in [-0.4, -0.2) is 60.5 Å². The van der Waals surface area contributed by atoms with Gasteiger partial charge in [-0.3, -0.25) is 19.7 Å². The minimum absolute atomic E-state index is 0.175. The van der Waals surface area contributed by atoms with Gasteiger partial charge in [-0.25, -0.2) is 4.79 Å². The zero-order chi connectivity index (χ0) is 23.5. The molecule has 1 unspecified atom stereocenters. The Morgan fingerprint density at radius 1 is 1.25 bits per heavy atom. The van der Waals surface area contributed by atoms with Crippen molar-refractivity contribution in [1.29, 1.82) is 0 Å². The predicted octanol–water partition coefficient (Wildman–Crippen LogP) is 2.19. The number of imide groups is 1. The van der Waals surface area contributed by atoms with Crippen LogP contribution in [-0.2, 0) is 20.9 Å². The zero-order valence-electron chi connectivity index (χ0n) is 19.2. The van der Waals surface area contributed by atoms with E-state index in [0.717, 1.165) is 30.6 Å². The van der Waals surface area contributed by atoms with Gasteiger partial charge in [0.15, 0.2) is 0 Å². The maximum absolute atomic E-state index is 13.0. The summed E-state index contributed by atoms with van der Waals surface area (Å²) in [4.78, 5) is 52.0. The van der Waals surface area contributed by atoms with Gasteiger partial charge in [0.2, 0.25) is 11.8 Å². The maximum atomic E-state index is 13.0. The highest BCUT2D eigenvalue weighted by Crippen LogP contribution is 2.33. The van der Waals surface area contributed by atoms with E-state index in [1.54, 1.807) is 11.0 Å². The number of nitrogens with zero attached hydrogens (tertiary/aromatic N) is 2. The van der Waals surface area contributed by atoms with Crippen LogP contribution in [0.4, 0.5) is 10.5 Å². The van der Waals surface area contributed by atoms with Crippen molar-refractivity contribution in [3.05, 3.63) is 29.3 Å². The van der Waals surface area contributed by atoms with Gasteiger partial charge in [0, 0.05) is 49.9 Å². The van der Waals surface area contributed by atoms with Crippen LogP contribution >= 0.6 is 0 Å². The van der Waals surface area contributed by atoms with E-state index in [-0.39, 0.29) is 18.2 Å². The first-order chi connectivity index (χ1) is 15.1. The molecule has 0 spiro atoms. The summed E-state index contributed by atoms with van der Waals surface area (Å²) >= 11 is 0. The second-order valence-corrected chi connectivity index (χ2v) is 9.26. The Kier molecular flexibility index (Phi) is 7.06. The molecule has 32 heavy (non-hydrogen) atoms. The average molecular weight is 445 g/mol. The van der Waals surface area contributed by atoms with Crippen molar-refractivity contribution >= 4 is 29.5 Å². The molecule has 1 saturated heterocycles. The lowest BCUT2D eigenvalue weighted by atomic mass is 10.0. The molecule has 1 atom stereocenters. The summed E-state index contributed by atoms with van der Waals surface area (Å²) in [7, 11) is 1.97. The van der Waals surface area contributed by atoms with Crippen LogP contribution in [0.1, 0.15) is 62.4 Å². The fraction of sp³-hybridized carbons (Fsp3) is 0.565. The van der Waals surface area contributed by atoms with Crippen LogP contribution in [0.2, 0.25) is 0 Å². The Hall–Kier alpha value is -3.10. The number of benzene rings is 1. The van der Waals surface area contributed by atoms with E-state index in [9.17, 15) is 19.2 Å². The molecular weight excluding hydrogens is 412 g/mol. The van der Waals surface area contributed by atoms with Crippen LogP contribution in [0, 0.1) is 0 Å². The Labute approximate surface area is 188 Å². The number of ether oxygens (including phenoxy) is 1. The monoisotopic (exact) mass is 444 g/mol. The molecule has 0 radical (unpaired) electrons. The summed E-state index contributed by atoms with van der Waals surface area (Å²) in [5.74, 6) is -0.877. The van der Waals surface area contributed by atoms with E-state index in [4.69, 9.17) is 4.74 Å². The number of hydrogen-bond donors (Lipinski definition) is 2. The standard InChI is InChI=1S/C23H32N4O5/c1-23(2,3)32-22(31)24-12-5-6-13-26(4)17-9-7-8-15-16(17)14-27(21(15)30)18-10-11-19(28)25-20(18)29/h7-9,18H,5-6,10-14H2,1-4H3,(H,24,31)(H,25,28,29). The maximum Gasteiger partial charge on any atom is 0.407 e. The lowest BCUT2D eigenvalue weighted by molar-refractivity contribution is -0.136. The Balaban J connectivity index is 1.55. The van der Waals surface area contributed by atoms with Crippen molar-refractivity contribution in [3.63, 3.8) is 0 Å². The number of fused-ring (bicyclic) bond motifs is 1. The molecule has 0 aliphatic carbocycles. The molecule has 0 aromatic heterocycles. The van der Waals surface area contributed by atoms with Gasteiger partial charge >= 0.3 is 6.09 Å². The summed E-state index contributed by atoms with van der Waals surface area (Å²) in [5.41, 5.74) is 1.94. The number of unbranched alkanes of at least 4 members (excludes halogenated alkanes) is 1. The summed E-state index contributed by atoms with van der Waals surface area (Å²) in [6, 6.07) is 4.98. The van der Waals surface area contributed by atoms with Crippen LogP contribution in [0.5, 0.6) is 0 Å². The van der Waals surface area contributed by atoms with E-state index in [1.807, 2.05) is 40.0 Å². The molecule has 0 saturated carbocycles. The van der Waals surface area contributed by atoms with Crippen molar-refractivity contribution in [2.75, 3.05) is 25.0 Å². The topological polar surface area (TPSA) is 108 Å². The Morgan fingerprint density at radius 3 is 2.69 bits per heavy atom. The molecule has 9 nitrogen and oxygen atoms in total. The molecule has 2 aliphatic rings. The lowest BCUT2D eigenvalue weighted by Crippen LogP contribution is -2.52. The van der Waals surface area contributed by atoms with Crippen molar-refractivity contribution in [3.8, 4) is 0 Å². The molecule has 1 fully saturated rings. The number of alkyl carbamates (subject to hydrolysis) is 1. The second-order valence-electron chi connectivity index (χ2n) is 9.26. The molecule has 3 rings (SSSR count).